The van der Waals surface area contributed by atoms with Crippen LogP contribution in [-0.2, 0) is 0 Å². The second-order valence-electron chi connectivity index (χ2n) is 4.58. The zero-order valence-electron chi connectivity index (χ0n) is 8.36. The minimum Gasteiger partial charge on any atom is -0.324 e. The number of hydrogen-bond donors (Lipinski definition) is 0. The number of rotatable bonds is 2. The van der Waals surface area contributed by atoms with Crippen LogP contribution in [0.15, 0.2) is 0 Å². The highest BCUT2D eigenvalue weighted by molar-refractivity contribution is 4.59. The molecule has 0 fully saturated rings. The molecule has 0 aromatic rings. The number of hydrogen-bond acceptors (Lipinski definition) is 0. The zero-order valence-corrected chi connectivity index (χ0v) is 8.36. The molecule has 1 heteroatoms. The third-order valence-corrected chi connectivity index (χ3v) is 2.60. The first-order valence-corrected chi connectivity index (χ1v) is 4.14. The summed E-state index contributed by atoms with van der Waals surface area (Å²) in [5, 5.41) is 0. The first-order chi connectivity index (χ1) is 4.31. The Kier molecular flexibility index (Phi) is 2.90. The summed E-state index contributed by atoms with van der Waals surface area (Å²) in [5.41, 5.74) is 0.385. The zero-order chi connectivity index (χ0) is 8.41. The molecule has 0 aliphatic carbocycles. The monoisotopic (exact) mass is 144 g/mol. The molecule has 0 atom stereocenters. The van der Waals surface area contributed by atoms with E-state index in [0.29, 0.717) is 5.54 Å². The van der Waals surface area contributed by atoms with Gasteiger partial charge in [-0.15, -0.1) is 0 Å². The molecular formula is C9H22N+. The molecule has 0 bridgehead atoms. The minimum atomic E-state index is 0.385. The topological polar surface area (TPSA) is 0 Å². The van der Waals surface area contributed by atoms with Gasteiger partial charge in [-0.25, -0.2) is 0 Å². The van der Waals surface area contributed by atoms with Crippen LogP contribution in [0.3, 0.4) is 0 Å². The Bertz CT molecular complexity index is 97.8. The second kappa shape index (κ2) is 2.91. The van der Waals surface area contributed by atoms with Gasteiger partial charge in [0.05, 0.1) is 26.2 Å². The van der Waals surface area contributed by atoms with E-state index in [-0.39, 0.29) is 0 Å². The molecule has 0 aromatic carbocycles. The van der Waals surface area contributed by atoms with Gasteiger partial charge in [-0.05, 0) is 27.2 Å². The van der Waals surface area contributed by atoms with Crippen molar-refractivity contribution in [2.45, 2.75) is 39.7 Å². The van der Waals surface area contributed by atoms with Crippen LogP contribution in [0, 0.1) is 0 Å². The van der Waals surface area contributed by atoms with E-state index in [1.807, 2.05) is 0 Å². The van der Waals surface area contributed by atoms with Crippen molar-refractivity contribution in [3.05, 3.63) is 0 Å². The lowest BCUT2D eigenvalue weighted by Crippen LogP contribution is -2.54. The number of nitrogens with zero attached hydrogens (tertiary/aromatic N) is 1. The van der Waals surface area contributed by atoms with Gasteiger partial charge in [0.2, 0.25) is 0 Å². The molecule has 0 aromatic heterocycles. The molecule has 62 valence electrons. The third kappa shape index (κ3) is 2.30. The second-order valence-corrected chi connectivity index (χ2v) is 4.58. The van der Waals surface area contributed by atoms with Crippen molar-refractivity contribution in [2.75, 3.05) is 20.6 Å². The van der Waals surface area contributed by atoms with Crippen LogP contribution < -0.4 is 0 Å². The predicted molar refractivity (Wildman–Crippen MR) is 47.0 cm³/mol. The van der Waals surface area contributed by atoms with Crippen molar-refractivity contribution in [1.82, 2.24) is 0 Å². The van der Waals surface area contributed by atoms with Crippen LogP contribution in [0.1, 0.15) is 34.1 Å². The SMILES string of the molecule is CCC[N+](C)(C)C(C)(C)C. The summed E-state index contributed by atoms with van der Waals surface area (Å²) < 4.78 is 1.11. The Labute approximate surface area is 65.6 Å². The highest BCUT2D eigenvalue weighted by Crippen LogP contribution is 2.18. The van der Waals surface area contributed by atoms with Gasteiger partial charge in [-0.3, -0.25) is 0 Å². The smallest absolute Gasteiger partial charge is 0.0903 e. The average Bonchev–Trinajstić information content (AvgIpc) is 1.61. The first kappa shape index (κ1) is 9.96. The highest BCUT2D eigenvalue weighted by atomic mass is 15.4. The molecule has 0 spiro atoms. The van der Waals surface area contributed by atoms with Crippen molar-refractivity contribution in [2.24, 2.45) is 0 Å². The molecule has 0 aliphatic heterocycles. The van der Waals surface area contributed by atoms with Crippen LogP contribution >= 0.6 is 0 Å². The van der Waals surface area contributed by atoms with E-state index in [0.717, 1.165) is 4.48 Å². The van der Waals surface area contributed by atoms with Gasteiger partial charge < -0.3 is 4.48 Å². The van der Waals surface area contributed by atoms with Gasteiger partial charge in [0.1, 0.15) is 0 Å². The van der Waals surface area contributed by atoms with E-state index in [2.05, 4.69) is 41.8 Å². The lowest BCUT2D eigenvalue weighted by molar-refractivity contribution is -0.935. The summed E-state index contributed by atoms with van der Waals surface area (Å²) in [4.78, 5) is 0. The van der Waals surface area contributed by atoms with Gasteiger partial charge in [-0.1, -0.05) is 6.92 Å². The maximum atomic E-state index is 2.30. The Balaban J connectivity index is 4.10. The lowest BCUT2D eigenvalue weighted by atomic mass is 10.0. The molecule has 0 rings (SSSR count). The van der Waals surface area contributed by atoms with Crippen LogP contribution in [0.4, 0.5) is 0 Å². The summed E-state index contributed by atoms with van der Waals surface area (Å²) in [6.07, 6.45) is 1.27. The largest absolute Gasteiger partial charge is 0.324 e. The third-order valence-electron chi connectivity index (χ3n) is 2.60. The summed E-state index contributed by atoms with van der Waals surface area (Å²) in [6, 6.07) is 0. The molecule has 1 nitrogen and oxygen atoms in total. The standard InChI is InChI=1S/C9H22N/c1-7-8-10(5,6)9(2,3)4/h7-8H2,1-6H3/q+1. The fraction of sp³-hybridized carbons (Fsp3) is 1.00. The minimum absolute atomic E-state index is 0.385. The molecule has 0 heterocycles. The summed E-state index contributed by atoms with van der Waals surface area (Å²) in [5.74, 6) is 0. The quantitative estimate of drug-likeness (QED) is 0.522. The van der Waals surface area contributed by atoms with Gasteiger partial charge in [0.25, 0.3) is 0 Å². The normalized spacial score (nSPS) is 13.8. The predicted octanol–water partition coefficient (Wildman–Crippen LogP) is 2.27. The van der Waals surface area contributed by atoms with Crippen LogP contribution in [-0.4, -0.2) is 30.7 Å². The maximum absolute atomic E-state index is 2.30. The van der Waals surface area contributed by atoms with E-state index < -0.39 is 0 Å². The fourth-order valence-electron chi connectivity index (χ4n) is 0.894. The summed E-state index contributed by atoms with van der Waals surface area (Å²) in [6.45, 7) is 10.4. The van der Waals surface area contributed by atoms with Crippen LogP contribution in [0.5, 0.6) is 0 Å². The van der Waals surface area contributed by atoms with Crippen LogP contribution in [0.2, 0.25) is 0 Å². The Morgan fingerprint density at radius 3 is 1.60 bits per heavy atom. The van der Waals surface area contributed by atoms with E-state index in [4.69, 9.17) is 0 Å². The first-order valence-electron chi connectivity index (χ1n) is 4.14. The van der Waals surface area contributed by atoms with Gasteiger partial charge >= 0.3 is 0 Å². The highest BCUT2D eigenvalue weighted by Gasteiger charge is 2.29. The van der Waals surface area contributed by atoms with Crippen molar-refractivity contribution in [1.29, 1.82) is 0 Å². The Morgan fingerprint density at radius 1 is 1.10 bits per heavy atom. The molecule has 0 unspecified atom stereocenters. The Morgan fingerprint density at radius 2 is 1.50 bits per heavy atom. The molecule has 0 amide bonds. The molecule has 0 aliphatic rings. The molecule has 0 saturated carbocycles. The van der Waals surface area contributed by atoms with Crippen molar-refractivity contribution in [3.63, 3.8) is 0 Å². The Hall–Kier alpha value is -0.0400. The van der Waals surface area contributed by atoms with E-state index in [9.17, 15) is 0 Å². The average molecular weight is 144 g/mol. The van der Waals surface area contributed by atoms with Gasteiger partial charge in [0, 0.05) is 0 Å². The van der Waals surface area contributed by atoms with E-state index in [1.54, 1.807) is 0 Å². The lowest BCUT2D eigenvalue weighted by Gasteiger charge is -2.42. The van der Waals surface area contributed by atoms with Gasteiger partial charge in [-0.2, -0.15) is 0 Å². The van der Waals surface area contributed by atoms with E-state index >= 15 is 0 Å². The van der Waals surface area contributed by atoms with Crippen molar-refractivity contribution < 1.29 is 4.48 Å². The molecule has 0 N–H and O–H groups in total. The summed E-state index contributed by atoms with van der Waals surface area (Å²) >= 11 is 0. The maximum Gasteiger partial charge on any atom is 0.0903 e. The van der Waals surface area contributed by atoms with Crippen molar-refractivity contribution >= 4 is 0 Å². The molecule has 0 radical (unpaired) electrons. The fourth-order valence-corrected chi connectivity index (χ4v) is 0.894. The molecular weight excluding hydrogens is 122 g/mol. The molecule has 0 saturated heterocycles. The van der Waals surface area contributed by atoms with Crippen LogP contribution in [0.25, 0.3) is 0 Å². The van der Waals surface area contributed by atoms with E-state index in [1.165, 1.54) is 13.0 Å². The van der Waals surface area contributed by atoms with Crippen molar-refractivity contribution in [3.8, 4) is 0 Å². The summed E-state index contributed by atoms with van der Waals surface area (Å²) in [7, 11) is 4.59. The number of quaternary nitrogens is 1. The van der Waals surface area contributed by atoms with Gasteiger partial charge in [0.15, 0.2) is 0 Å². The molecule has 10 heavy (non-hydrogen) atoms.